The summed E-state index contributed by atoms with van der Waals surface area (Å²) in [5.74, 6) is 0. The predicted molar refractivity (Wildman–Crippen MR) is 55.9 cm³/mol. The molecule has 0 amide bonds. The Balaban J connectivity index is 2.50. The summed E-state index contributed by atoms with van der Waals surface area (Å²) in [5, 5.41) is 3.65. The van der Waals surface area contributed by atoms with Gasteiger partial charge in [-0.25, -0.2) is 0 Å². The van der Waals surface area contributed by atoms with E-state index < -0.39 is 0 Å². The molecule has 0 aromatic heterocycles. The summed E-state index contributed by atoms with van der Waals surface area (Å²) in [6.45, 7) is 9.70. The van der Waals surface area contributed by atoms with Gasteiger partial charge < -0.3 is 10.1 Å². The van der Waals surface area contributed by atoms with Gasteiger partial charge in [0.2, 0.25) is 0 Å². The fraction of sp³-hybridized carbons (Fsp3) is 1.00. The van der Waals surface area contributed by atoms with E-state index in [1.165, 1.54) is 12.8 Å². The molecular formula is C11H23NO. The van der Waals surface area contributed by atoms with Gasteiger partial charge in [-0.15, -0.1) is 0 Å². The zero-order chi connectivity index (χ0) is 9.90. The lowest BCUT2D eigenvalue weighted by Crippen LogP contribution is -2.59. The molecule has 0 saturated carbocycles. The van der Waals surface area contributed by atoms with Crippen molar-refractivity contribution >= 4 is 0 Å². The largest absolute Gasteiger partial charge is 0.375 e. The molecule has 1 N–H and O–H groups in total. The van der Waals surface area contributed by atoms with Crippen LogP contribution in [0.3, 0.4) is 0 Å². The van der Waals surface area contributed by atoms with E-state index in [4.69, 9.17) is 4.74 Å². The van der Waals surface area contributed by atoms with Crippen LogP contribution in [0.25, 0.3) is 0 Å². The van der Waals surface area contributed by atoms with Crippen molar-refractivity contribution < 1.29 is 4.74 Å². The van der Waals surface area contributed by atoms with E-state index in [1.54, 1.807) is 0 Å². The van der Waals surface area contributed by atoms with Crippen LogP contribution < -0.4 is 5.32 Å². The van der Waals surface area contributed by atoms with Gasteiger partial charge in [0.25, 0.3) is 0 Å². The first-order valence-corrected chi connectivity index (χ1v) is 5.48. The van der Waals surface area contributed by atoms with Crippen molar-refractivity contribution in [2.75, 3.05) is 6.61 Å². The number of rotatable bonds is 3. The van der Waals surface area contributed by atoms with Crippen LogP contribution in [0.4, 0.5) is 0 Å². The van der Waals surface area contributed by atoms with Gasteiger partial charge in [-0.3, -0.25) is 0 Å². The molecule has 0 spiro atoms. The Hall–Kier alpha value is -0.0800. The highest BCUT2D eigenvalue weighted by atomic mass is 16.5. The van der Waals surface area contributed by atoms with Crippen LogP contribution in [0.1, 0.15) is 47.0 Å². The highest BCUT2D eigenvalue weighted by molar-refractivity contribution is 4.90. The fourth-order valence-electron chi connectivity index (χ4n) is 2.00. The van der Waals surface area contributed by atoms with Gasteiger partial charge >= 0.3 is 0 Å². The number of ether oxygens (including phenoxy) is 1. The van der Waals surface area contributed by atoms with Crippen molar-refractivity contribution in [2.24, 2.45) is 0 Å². The molecule has 1 heterocycles. The molecule has 0 aromatic rings. The van der Waals surface area contributed by atoms with Crippen LogP contribution in [-0.2, 0) is 4.74 Å². The topological polar surface area (TPSA) is 21.3 Å². The molecule has 0 aromatic carbocycles. The van der Waals surface area contributed by atoms with Crippen molar-refractivity contribution in [2.45, 2.75) is 64.6 Å². The summed E-state index contributed by atoms with van der Waals surface area (Å²) in [5.41, 5.74) is 0.158. The molecule has 2 unspecified atom stereocenters. The molecular weight excluding hydrogens is 162 g/mol. The molecule has 0 aliphatic carbocycles. The van der Waals surface area contributed by atoms with Crippen LogP contribution in [0.5, 0.6) is 0 Å². The molecule has 1 aliphatic heterocycles. The summed E-state index contributed by atoms with van der Waals surface area (Å²) < 4.78 is 5.87. The molecule has 2 atom stereocenters. The third kappa shape index (κ3) is 2.96. The van der Waals surface area contributed by atoms with Crippen LogP contribution in [-0.4, -0.2) is 24.3 Å². The molecule has 1 aliphatic rings. The second-order valence-corrected chi connectivity index (χ2v) is 4.68. The zero-order valence-electron chi connectivity index (χ0n) is 9.39. The lowest BCUT2D eigenvalue weighted by molar-refractivity contribution is -0.0566. The smallest absolute Gasteiger partial charge is 0.0728 e. The van der Waals surface area contributed by atoms with Crippen molar-refractivity contribution in [3.05, 3.63) is 0 Å². The van der Waals surface area contributed by atoms with Crippen LogP contribution >= 0.6 is 0 Å². The van der Waals surface area contributed by atoms with E-state index in [0.717, 1.165) is 13.0 Å². The van der Waals surface area contributed by atoms with Gasteiger partial charge in [0, 0.05) is 11.6 Å². The normalized spacial score (nSPS) is 33.2. The lowest BCUT2D eigenvalue weighted by atomic mass is 9.95. The molecule has 1 rings (SSSR count). The molecule has 1 saturated heterocycles. The Morgan fingerprint density at radius 3 is 2.62 bits per heavy atom. The summed E-state index contributed by atoms with van der Waals surface area (Å²) in [4.78, 5) is 0. The highest BCUT2D eigenvalue weighted by Crippen LogP contribution is 2.20. The Bertz CT molecular complexity index is 156. The van der Waals surface area contributed by atoms with Gasteiger partial charge in [-0.1, -0.05) is 20.3 Å². The van der Waals surface area contributed by atoms with Crippen molar-refractivity contribution in [1.82, 2.24) is 5.32 Å². The van der Waals surface area contributed by atoms with Gasteiger partial charge in [0.1, 0.15) is 0 Å². The second-order valence-electron chi connectivity index (χ2n) is 4.68. The maximum Gasteiger partial charge on any atom is 0.0728 e. The summed E-state index contributed by atoms with van der Waals surface area (Å²) in [6, 6.07) is 0.545. The van der Waals surface area contributed by atoms with E-state index in [9.17, 15) is 0 Å². The molecule has 78 valence electrons. The number of morpholine rings is 1. The summed E-state index contributed by atoms with van der Waals surface area (Å²) in [6.07, 6.45) is 3.99. The third-order valence-electron chi connectivity index (χ3n) is 2.70. The fourth-order valence-corrected chi connectivity index (χ4v) is 2.00. The minimum Gasteiger partial charge on any atom is -0.375 e. The van der Waals surface area contributed by atoms with Gasteiger partial charge in [-0.05, 0) is 26.7 Å². The van der Waals surface area contributed by atoms with Crippen LogP contribution in [0.2, 0.25) is 0 Å². The Morgan fingerprint density at radius 2 is 2.08 bits per heavy atom. The number of nitrogens with one attached hydrogen (secondary N) is 1. The monoisotopic (exact) mass is 185 g/mol. The average Bonchev–Trinajstić information content (AvgIpc) is 2.08. The van der Waals surface area contributed by atoms with Crippen molar-refractivity contribution in [1.29, 1.82) is 0 Å². The van der Waals surface area contributed by atoms with E-state index in [0.29, 0.717) is 12.1 Å². The first-order chi connectivity index (χ1) is 6.09. The number of hydrogen-bond acceptors (Lipinski definition) is 2. The predicted octanol–water partition coefficient (Wildman–Crippen LogP) is 2.33. The lowest BCUT2D eigenvalue weighted by Gasteiger charge is -2.42. The average molecular weight is 185 g/mol. The standard InChI is InChI=1S/C11H23NO/c1-5-7-10-9(6-2)12-11(3,4)8-13-10/h9-10,12H,5-8H2,1-4H3. The quantitative estimate of drug-likeness (QED) is 0.728. The third-order valence-corrected chi connectivity index (χ3v) is 2.70. The highest BCUT2D eigenvalue weighted by Gasteiger charge is 2.33. The maximum absolute atomic E-state index is 5.87. The van der Waals surface area contributed by atoms with Gasteiger partial charge in [0.05, 0.1) is 12.7 Å². The Labute approximate surface area is 82.0 Å². The minimum atomic E-state index is 0.158. The molecule has 0 bridgehead atoms. The van der Waals surface area contributed by atoms with Crippen molar-refractivity contribution in [3.63, 3.8) is 0 Å². The van der Waals surface area contributed by atoms with Gasteiger partial charge in [0.15, 0.2) is 0 Å². The minimum absolute atomic E-state index is 0.158. The molecule has 2 nitrogen and oxygen atoms in total. The van der Waals surface area contributed by atoms with E-state index in [2.05, 4.69) is 33.0 Å². The van der Waals surface area contributed by atoms with E-state index >= 15 is 0 Å². The van der Waals surface area contributed by atoms with Crippen LogP contribution in [0.15, 0.2) is 0 Å². The van der Waals surface area contributed by atoms with Crippen molar-refractivity contribution in [3.8, 4) is 0 Å². The van der Waals surface area contributed by atoms with Crippen LogP contribution in [0, 0.1) is 0 Å². The second kappa shape index (κ2) is 4.43. The summed E-state index contributed by atoms with van der Waals surface area (Å²) in [7, 11) is 0. The Kier molecular flexibility index (Phi) is 3.74. The molecule has 0 radical (unpaired) electrons. The Morgan fingerprint density at radius 1 is 1.38 bits per heavy atom. The van der Waals surface area contributed by atoms with Gasteiger partial charge in [-0.2, -0.15) is 0 Å². The maximum atomic E-state index is 5.87. The van der Waals surface area contributed by atoms with E-state index in [-0.39, 0.29) is 5.54 Å². The molecule has 1 fully saturated rings. The first-order valence-electron chi connectivity index (χ1n) is 5.48. The van der Waals surface area contributed by atoms with E-state index in [1.807, 2.05) is 0 Å². The molecule has 13 heavy (non-hydrogen) atoms. The zero-order valence-corrected chi connectivity index (χ0v) is 9.39. The SMILES string of the molecule is CCCC1OCC(C)(C)NC1CC. The summed E-state index contributed by atoms with van der Waals surface area (Å²) >= 11 is 0. The molecule has 2 heteroatoms. The number of hydrogen-bond donors (Lipinski definition) is 1. The first kappa shape index (κ1) is 11.0.